The summed E-state index contributed by atoms with van der Waals surface area (Å²) in [5.74, 6) is 1.29. The van der Waals surface area contributed by atoms with Gasteiger partial charge in [-0.25, -0.2) is 4.98 Å². The molecule has 94 valence electrons. The molecule has 1 heterocycles. The highest BCUT2D eigenvalue weighted by Crippen LogP contribution is 2.21. The second-order valence-electron chi connectivity index (χ2n) is 3.89. The highest BCUT2D eigenvalue weighted by Gasteiger charge is 2.01. The molecular weight excluding hydrogens is 228 g/mol. The van der Waals surface area contributed by atoms with Gasteiger partial charge in [0.05, 0.1) is 6.61 Å². The molecule has 0 fully saturated rings. The summed E-state index contributed by atoms with van der Waals surface area (Å²) in [5, 5.41) is 0. The first kappa shape index (κ1) is 12.5. The van der Waals surface area contributed by atoms with E-state index < -0.39 is 0 Å². The van der Waals surface area contributed by atoms with E-state index >= 15 is 0 Å². The minimum absolute atomic E-state index is 0.475. The zero-order valence-corrected chi connectivity index (χ0v) is 10.3. The van der Waals surface area contributed by atoms with Gasteiger partial charge in [0, 0.05) is 25.9 Å². The minimum atomic E-state index is 0.475. The van der Waals surface area contributed by atoms with E-state index in [1.165, 1.54) is 0 Å². The fraction of sp³-hybridized carbons (Fsp3) is 0.214. The van der Waals surface area contributed by atoms with Crippen molar-refractivity contribution in [2.75, 3.05) is 7.11 Å². The van der Waals surface area contributed by atoms with Crippen molar-refractivity contribution < 1.29 is 9.47 Å². The Morgan fingerprint density at radius 2 is 2.06 bits per heavy atom. The van der Waals surface area contributed by atoms with Gasteiger partial charge in [-0.15, -0.1) is 0 Å². The van der Waals surface area contributed by atoms with Crippen molar-refractivity contribution >= 4 is 0 Å². The Balaban J connectivity index is 2.14. The van der Waals surface area contributed by atoms with Crippen LogP contribution in [0.4, 0.5) is 0 Å². The van der Waals surface area contributed by atoms with E-state index in [-0.39, 0.29) is 0 Å². The lowest BCUT2D eigenvalue weighted by molar-refractivity contribution is 0.184. The van der Waals surface area contributed by atoms with E-state index in [1.54, 1.807) is 13.3 Å². The summed E-state index contributed by atoms with van der Waals surface area (Å²) < 4.78 is 10.8. The minimum Gasteiger partial charge on any atom is -0.439 e. The van der Waals surface area contributed by atoms with Gasteiger partial charge in [0.25, 0.3) is 0 Å². The van der Waals surface area contributed by atoms with Crippen LogP contribution >= 0.6 is 0 Å². The van der Waals surface area contributed by atoms with Crippen LogP contribution in [0.15, 0.2) is 42.6 Å². The fourth-order valence-corrected chi connectivity index (χ4v) is 1.62. The molecule has 4 nitrogen and oxygen atoms in total. The summed E-state index contributed by atoms with van der Waals surface area (Å²) in [6.45, 7) is 1.04. The highest BCUT2D eigenvalue weighted by atomic mass is 16.5. The number of ether oxygens (including phenoxy) is 2. The molecule has 0 aliphatic carbocycles. The van der Waals surface area contributed by atoms with Gasteiger partial charge in [-0.05, 0) is 29.3 Å². The fourth-order valence-electron chi connectivity index (χ4n) is 1.62. The molecule has 0 aliphatic rings. The maximum Gasteiger partial charge on any atom is 0.219 e. The molecule has 0 atom stereocenters. The SMILES string of the molecule is COCc1cccc(Oc2cc(CN)ccn2)c1. The Morgan fingerprint density at radius 1 is 1.17 bits per heavy atom. The molecular formula is C14H16N2O2. The van der Waals surface area contributed by atoms with Gasteiger partial charge < -0.3 is 15.2 Å². The van der Waals surface area contributed by atoms with Crippen LogP contribution < -0.4 is 10.5 Å². The Bertz CT molecular complexity index is 515. The van der Waals surface area contributed by atoms with Gasteiger partial charge in [-0.2, -0.15) is 0 Å². The number of hydrogen-bond donors (Lipinski definition) is 1. The van der Waals surface area contributed by atoms with E-state index in [0.29, 0.717) is 19.0 Å². The number of methoxy groups -OCH3 is 1. The maximum atomic E-state index is 5.69. The largest absolute Gasteiger partial charge is 0.439 e. The molecule has 0 unspecified atom stereocenters. The lowest BCUT2D eigenvalue weighted by Crippen LogP contribution is -1.97. The van der Waals surface area contributed by atoms with Crippen molar-refractivity contribution in [3.63, 3.8) is 0 Å². The van der Waals surface area contributed by atoms with Crippen LogP contribution in [-0.2, 0) is 17.9 Å². The quantitative estimate of drug-likeness (QED) is 0.877. The van der Waals surface area contributed by atoms with Gasteiger partial charge in [0.2, 0.25) is 5.88 Å². The average Bonchev–Trinajstić information content (AvgIpc) is 2.40. The molecule has 0 aliphatic heterocycles. The first-order valence-corrected chi connectivity index (χ1v) is 5.72. The van der Waals surface area contributed by atoms with Crippen LogP contribution in [0, 0.1) is 0 Å². The van der Waals surface area contributed by atoms with E-state index in [0.717, 1.165) is 16.9 Å². The summed E-state index contributed by atoms with van der Waals surface area (Å²) in [5.41, 5.74) is 7.63. The number of nitrogens with zero attached hydrogens (tertiary/aromatic N) is 1. The second-order valence-corrected chi connectivity index (χ2v) is 3.89. The Kier molecular flexibility index (Phi) is 4.28. The van der Waals surface area contributed by atoms with Gasteiger partial charge in [-0.1, -0.05) is 12.1 Å². The molecule has 0 spiro atoms. The van der Waals surface area contributed by atoms with Crippen molar-refractivity contribution in [1.82, 2.24) is 4.98 Å². The molecule has 2 N–H and O–H groups in total. The number of aromatic nitrogens is 1. The predicted octanol–water partition coefficient (Wildman–Crippen LogP) is 2.48. The molecule has 18 heavy (non-hydrogen) atoms. The van der Waals surface area contributed by atoms with Crippen molar-refractivity contribution in [1.29, 1.82) is 0 Å². The van der Waals surface area contributed by atoms with Gasteiger partial charge in [0.1, 0.15) is 5.75 Å². The molecule has 2 rings (SSSR count). The summed E-state index contributed by atoms with van der Waals surface area (Å²) >= 11 is 0. The smallest absolute Gasteiger partial charge is 0.219 e. The van der Waals surface area contributed by atoms with Gasteiger partial charge in [0.15, 0.2) is 0 Å². The number of nitrogens with two attached hydrogens (primary N) is 1. The third-order valence-electron chi connectivity index (χ3n) is 2.47. The predicted molar refractivity (Wildman–Crippen MR) is 69.4 cm³/mol. The topological polar surface area (TPSA) is 57.4 Å². The van der Waals surface area contributed by atoms with Crippen LogP contribution in [0.2, 0.25) is 0 Å². The zero-order chi connectivity index (χ0) is 12.8. The Morgan fingerprint density at radius 3 is 2.83 bits per heavy atom. The van der Waals surface area contributed by atoms with Gasteiger partial charge >= 0.3 is 0 Å². The summed E-state index contributed by atoms with van der Waals surface area (Å²) in [7, 11) is 1.67. The van der Waals surface area contributed by atoms with E-state index in [1.807, 2.05) is 36.4 Å². The van der Waals surface area contributed by atoms with Crippen molar-refractivity contribution in [2.24, 2.45) is 5.73 Å². The monoisotopic (exact) mass is 244 g/mol. The van der Waals surface area contributed by atoms with E-state index in [9.17, 15) is 0 Å². The molecule has 1 aromatic heterocycles. The zero-order valence-electron chi connectivity index (χ0n) is 10.3. The second kappa shape index (κ2) is 6.14. The summed E-state index contributed by atoms with van der Waals surface area (Å²) in [4.78, 5) is 4.15. The van der Waals surface area contributed by atoms with Crippen molar-refractivity contribution in [2.45, 2.75) is 13.2 Å². The highest BCUT2D eigenvalue weighted by molar-refractivity contribution is 5.32. The standard InChI is InChI=1S/C14H16N2O2/c1-17-10-12-3-2-4-13(7-12)18-14-8-11(9-15)5-6-16-14/h2-8H,9-10,15H2,1H3. The first-order chi connectivity index (χ1) is 8.81. The van der Waals surface area contributed by atoms with Gasteiger partial charge in [-0.3, -0.25) is 0 Å². The number of benzene rings is 1. The Labute approximate surface area is 106 Å². The molecule has 1 aromatic carbocycles. The lowest BCUT2D eigenvalue weighted by Gasteiger charge is -2.07. The van der Waals surface area contributed by atoms with Crippen LogP contribution in [0.5, 0.6) is 11.6 Å². The molecule has 0 saturated heterocycles. The normalized spacial score (nSPS) is 10.3. The van der Waals surface area contributed by atoms with Crippen molar-refractivity contribution in [3.05, 3.63) is 53.7 Å². The third kappa shape index (κ3) is 3.29. The number of hydrogen-bond acceptors (Lipinski definition) is 4. The van der Waals surface area contributed by atoms with Crippen molar-refractivity contribution in [3.8, 4) is 11.6 Å². The molecule has 0 radical (unpaired) electrons. The summed E-state index contributed by atoms with van der Waals surface area (Å²) in [6, 6.07) is 11.4. The molecule has 0 bridgehead atoms. The lowest BCUT2D eigenvalue weighted by atomic mass is 10.2. The van der Waals surface area contributed by atoms with E-state index in [2.05, 4.69) is 4.98 Å². The average molecular weight is 244 g/mol. The van der Waals surface area contributed by atoms with Crippen LogP contribution in [0.1, 0.15) is 11.1 Å². The molecule has 4 heteroatoms. The third-order valence-corrected chi connectivity index (χ3v) is 2.47. The van der Waals surface area contributed by atoms with Crippen LogP contribution in [0.25, 0.3) is 0 Å². The molecule has 0 saturated carbocycles. The number of rotatable bonds is 5. The maximum absolute atomic E-state index is 5.69. The van der Waals surface area contributed by atoms with Crippen LogP contribution in [0.3, 0.4) is 0 Å². The summed E-state index contributed by atoms with van der Waals surface area (Å²) in [6.07, 6.45) is 1.69. The van der Waals surface area contributed by atoms with Crippen LogP contribution in [-0.4, -0.2) is 12.1 Å². The van der Waals surface area contributed by atoms with E-state index in [4.69, 9.17) is 15.2 Å². The molecule has 0 amide bonds. The Hall–Kier alpha value is -1.91. The number of pyridine rings is 1. The molecule has 2 aromatic rings. The first-order valence-electron chi connectivity index (χ1n) is 5.72.